The lowest BCUT2D eigenvalue weighted by Gasteiger charge is -2.19. The van der Waals surface area contributed by atoms with E-state index in [-0.39, 0.29) is 5.41 Å². The summed E-state index contributed by atoms with van der Waals surface area (Å²) in [4.78, 5) is 0. The van der Waals surface area contributed by atoms with Crippen molar-refractivity contribution in [3.05, 3.63) is 95.2 Å². The fourth-order valence-electron chi connectivity index (χ4n) is 3.93. The Morgan fingerprint density at radius 1 is 0.645 bits per heavy atom. The molecule has 0 unspecified atom stereocenters. The van der Waals surface area contributed by atoms with Crippen LogP contribution in [0.2, 0.25) is 0 Å². The molecule has 6 rings (SSSR count). The number of thiophene rings is 2. The minimum Gasteiger partial charge on any atom is -0.241 e. The van der Waals surface area contributed by atoms with Crippen molar-refractivity contribution >= 4 is 42.8 Å². The average molecular weight is 441 g/mol. The van der Waals surface area contributed by atoms with Gasteiger partial charge in [-0.2, -0.15) is 10.2 Å². The Kier molecular flexibility index (Phi) is 4.13. The van der Waals surface area contributed by atoms with Gasteiger partial charge >= 0.3 is 0 Å². The summed E-state index contributed by atoms with van der Waals surface area (Å²) in [6.45, 7) is 4.35. The van der Waals surface area contributed by atoms with Gasteiger partial charge < -0.3 is 0 Å². The Morgan fingerprint density at radius 3 is 1.61 bits per heavy atom. The molecular formula is C25H20N4S2. The maximum atomic E-state index is 4.91. The quantitative estimate of drug-likeness (QED) is 0.302. The SMILES string of the molecule is CC(C)(c1ccn(-c2ccc3sccc3c2)n1)c1ccn(-c2ccc3sccc3c2)n1. The molecule has 6 aromatic rings. The lowest BCUT2D eigenvalue weighted by Crippen LogP contribution is -2.21. The van der Waals surface area contributed by atoms with Gasteiger partial charge in [0.2, 0.25) is 0 Å². The standard InChI is InChI=1S/C25H20N4S2/c1-25(2,23-7-11-28(26-23)19-3-5-21-17(15-19)9-13-30-21)24-8-12-29(27-24)20-4-6-22-18(16-20)10-14-31-22/h3-16H,1-2H3. The van der Waals surface area contributed by atoms with Crippen LogP contribution in [0, 0.1) is 0 Å². The Morgan fingerprint density at radius 2 is 1.13 bits per heavy atom. The Bertz CT molecular complexity index is 1420. The molecule has 0 saturated heterocycles. The van der Waals surface area contributed by atoms with E-state index < -0.39 is 0 Å². The summed E-state index contributed by atoms with van der Waals surface area (Å²) < 4.78 is 6.50. The number of rotatable bonds is 4. The lowest BCUT2D eigenvalue weighted by atomic mass is 9.86. The fraction of sp³-hybridized carbons (Fsp3) is 0.120. The first-order valence-electron chi connectivity index (χ1n) is 10.2. The van der Waals surface area contributed by atoms with Gasteiger partial charge in [0.05, 0.1) is 28.2 Å². The number of nitrogens with zero attached hydrogens (tertiary/aromatic N) is 4. The van der Waals surface area contributed by atoms with Gasteiger partial charge in [-0.1, -0.05) is 0 Å². The molecule has 0 fully saturated rings. The second kappa shape index (κ2) is 6.90. The monoisotopic (exact) mass is 440 g/mol. The summed E-state index contributed by atoms with van der Waals surface area (Å²) >= 11 is 3.52. The molecule has 0 aliphatic heterocycles. The number of hydrogen-bond donors (Lipinski definition) is 0. The number of benzene rings is 2. The van der Waals surface area contributed by atoms with Crippen LogP contribution in [0.3, 0.4) is 0 Å². The molecule has 2 aromatic carbocycles. The van der Waals surface area contributed by atoms with Crippen molar-refractivity contribution in [1.29, 1.82) is 0 Å². The first-order chi connectivity index (χ1) is 15.1. The van der Waals surface area contributed by atoms with E-state index >= 15 is 0 Å². The van der Waals surface area contributed by atoms with E-state index in [2.05, 4.69) is 85.3 Å². The van der Waals surface area contributed by atoms with Crippen molar-refractivity contribution in [3.63, 3.8) is 0 Å². The van der Waals surface area contributed by atoms with E-state index in [1.807, 2.05) is 21.8 Å². The second-order valence-electron chi connectivity index (χ2n) is 8.20. The van der Waals surface area contributed by atoms with Gasteiger partial charge in [-0.25, -0.2) is 9.36 Å². The Balaban J connectivity index is 1.33. The van der Waals surface area contributed by atoms with Gasteiger partial charge in [0.25, 0.3) is 0 Å². The lowest BCUT2D eigenvalue weighted by molar-refractivity contribution is 0.576. The predicted octanol–water partition coefficient (Wildman–Crippen LogP) is 6.81. The van der Waals surface area contributed by atoms with E-state index in [4.69, 9.17) is 10.2 Å². The highest BCUT2D eigenvalue weighted by Crippen LogP contribution is 2.31. The van der Waals surface area contributed by atoms with E-state index in [0.717, 1.165) is 22.8 Å². The minimum atomic E-state index is -0.310. The molecule has 4 nitrogen and oxygen atoms in total. The molecule has 4 aromatic heterocycles. The molecule has 0 atom stereocenters. The second-order valence-corrected chi connectivity index (χ2v) is 10.1. The van der Waals surface area contributed by atoms with Crippen molar-refractivity contribution in [1.82, 2.24) is 19.6 Å². The van der Waals surface area contributed by atoms with Crippen LogP contribution >= 0.6 is 22.7 Å². The smallest absolute Gasteiger partial charge is 0.0745 e. The third kappa shape index (κ3) is 3.10. The van der Waals surface area contributed by atoms with Gasteiger partial charge in [-0.05, 0) is 96.0 Å². The van der Waals surface area contributed by atoms with E-state index in [9.17, 15) is 0 Å². The van der Waals surface area contributed by atoms with E-state index in [0.29, 0.717) is 0 Å². The maximum Gasteiger partial charge on any atom is 0.0745 e. The molecule has 6 heteroatoms. The normalized spacial score (nSPS) is 12.2. The van der Waals surface area contributed by atoms with Crippen LogP contribution < -0.4 is 0 Å². The van der Waals surface area contributed by atoms with Crippen molar-refractivity contribution in [2.45, 2.75) is 19.3 Å². The molecule has 0 amide bonds. The Hall–Kier alpha value is -3.22. The first-order valence-corrected chi connectivity index (χ1v) is 11.9. The summed E-state index contributed by atoms with van der Waals surface area (Å²) in [7, 11) is 0. The highest BCUT2D eigenvalue weighted by atomic mass is 32.1. The zero-order chi connectivity index (χ0) is 21.0. The topological polar surface area (TPSA) is 35.6 Å². The molecule has 0 bridgehead atoms. The molecule has 0 spiro atoms. The van der Waals surface area contributed by atoms with Crippen LogP contribution in [-0.4, -0.2) is 19.6 Å². The van der Waals surface area contributed by atoms with Gasteiger partial charge in [-0.15, -0.1) is 22.7 Å². The molecule has 0 saturated carbocycles. The van der Waals surface area contributed by atoms with Crippen LogP contribution in [0.25, 0.3) is 31.5 Å². The van der Waals surface area contributed by atoms with Gasteiger partial charge in [0.1, 0.15) is 0 Å². The molecule has 31 heavy (non-hydrogen) atoms. The molecule has 0 radical (unpaired) electrons. The van der Waals surface area contributed by atoms with E-state index in [1.165, 1.54) is 20.2 Å². The summed E-state index contributed by atoms with van der Waals surface area (Å²) in [5.74, 6) is 0. The van der Waals surface area contributed by atoms with Crippen molar-refractivity contribution in [3.8, 4) is 11.4 Å². The van der Waals surface area contributed by atoms with Gasteiger partial charge in [-0.3, -0.25) is 0 Å². The molecule has 0 aliphatic rings. The molecule has 152 valence electrons. The van der Waals surface area contributed by atoms with Crippen LogP contribution in [0.5, 0.6) is 0 Å². The summed E-state index contributed by atoms with van der Waals surface area (Å²) in [6, 6.07) is 21.4. The third-order valence-corrected chi connectivity index (χ3v) is 7.66. The highest BCUT2D eigenvalue weighted by Gasteiger charge is 2.29. The molecule has 4 heterocycles. The van der Waals surface area contributed by atoms with Gasteiger partial charge in [0.15, 0.2) is 0 Å². The summed E-state index contributed by atoms with van der Waals surface area (Å²) in [5, 5.41) is 16.6. The summed E-state index contributed by atoms with van der Waals surface area (Å²) in [5.41, 5.74) is 3.83. The third-order valence-electron chi connectivity index (χ3n) is 5.86. The van der Waals surface area contributed by atoms with Crippen LogP contribution in [0.1, 0.15) is 25.2 Å². The number of fused-ring (bicyclic) bond motifs is 2. The van der Waals surface area contributed by atoms with Crippen LogP contribution in [-0.2, 0) is 5.41 Å². The predicted molar refractivity (Wildman–Crippen MR) is 130 cm³/mol. The minimum absolute atomic E-state index is 0.310. The van der Waals surface area contributed by atoms with Crippen molar-refractivity contribution in [2.75, 3.05) is 0 Å². The highest BCUT2D eigenvalue weighted by molar-refractivity contribution is 7.17. The van der Waals surface area contributed by atoms with Crippen LogP contribution in [0.15, 0.2) is 83.8 Å². The fourth-order valence-corrected chi connectivity index (χ4v) is 5.47. The number of aromatic nitrogens is 4. The first kappa shape index (κ1) is 18.5. The Labute approximate surface area is 188 Å². The zero-order valence-electron chi connectivity index (χ0n) is 17.2. The maximum absolute atomic E-state index is 4.91. The van der Waals surface area contributed by atoms with E-state index in [1.54, 1.807) is 22.7 Å². The summed E-state index contributed by atoms with van der Waals surface area (Å²) in [6.07, 6.45) is 4.07. The number of hydrogen-bond acceptors (Lipinski definition) is 4. The molecular weight excluding hydrogens is 420 g/mol. The average Bonchev–Trinajstić information content (AvgIpc) is 3.58. The largest absolute Gasteiger partial charge is 0.241 e. The van der Waals surface area contributed by atoms with Crippen molar-refractivity contribution < 1.29 is 0 Å². The van der Waals surface area contributed by atoms with Crippen LogP contribution in [0.4, 0.5) is 0 Å². The van der Waals surface area contributed by atoms with Crippen molar-refractivity contribution in [2.24, 2.45) is 0 Å². The van der Waals surface area contributed by atoms with Gasteiger partial charge in [0, 0.05) is 21.8 Å². The molecule has 0 N–H and O–H groups in total. The zero-order valence-corrected chi connectivity index (χ0v) is 18.8. The molecule has 0 aliphatic carbocycles.